The zero-order chi connectivity index (χ0) is 18.4. The second-order valence-electron chi connectivity index (χ2n) is 5.02. The van der Waals surface area contributed by atoms with Crippen LogP contribution in [0.15, 0.2) is 36.4 Å². The number of hydrogen-bond donors (Lipinski definition) is 1. The third-order valence-corrected chi connectivity index (χ3v) is 3.64. The predicted molar refractivity (Wildman–Crippen MR) is 93.4 cm³/mol. The summed E-state index contributed by atoms with van der Waals surface area (Å²) in [6.07, 6.45) is 0. The van der Waals surface area contributed by atoms with E-state index in [0.717, 1.165) is 5.56 Å². The Bertz CT molecular complexity index is 777. The Hall–Kier alpha value is -2.80. The van der Waals surface area contributed by atoms with Gasteiger partial charge in [0.1, 0.15) is 5.56 Å². The molecule has 0 unspecified atom stereocenters. The SMILES string of the molecule is CCOc1cc([N+](=O)[O-])c(C(=O)NCc2ccc(Cl)cc2)cc1OC. The molecule has 0 heterocycles. The van der Waals surface area contributed by atoms with E-state index in [9.17, 15) is 14.9 Å². The van der Waals surface area contributed by atoms with Crippen molar-refractivity contribution in [2.24, 2.45) is 0 Å². The summed E-state index contributed by atoms with van der Waals surface area (Å²) in [7, 11) is 1.40. The number of amides is 1. The van der Waals surface area contributed by atoms with Gasteiger partial charge in [-0.05, 0) is 24.6 Å². The average molecular weight is 365 g/mol. The van der Waals surface area contributed by atoms with E-state index in [-0.39, 0.29) is 29.3 Å². The molecule has 1 N–H and O–H groups in total. The zero-order valence-corrected chi connectivity index (χ0v) is 14.5. The lowest BCUT2D eigenvalue weighted by atomic mass is 10.1. The first-order valence-electron chi connectivity index (χ1n) is 7.48. The second kappa shape index (κ2) is 8.34. The number of nitro groups is 1. The van der Waals surface area contributed by atoms with Crippen LogP contribution in [0.2, 0.25) is 5.02 Å². The van der Waals surface area contributed by atoms with Gasteiger partial charge in [-0.2, -0.15) is 0 Å². The maximum Gasteiger partial charge on any atom is 0.286 e. The van der Waals surface area contributed by atoms with Crippen molar-refractivity contribution in [2.45, 2.75) is 13.5 Å². The lowest BCUT2D eigenvalue weighted by molar-refractivity contribution is -0.385. The number of nitrogens with zero attached hydrogens (tertiary/aromatic N) is 1. The van der Waals surface area contributed by atoms with E-state index in [1.807, 2.05) is 0 Å². The van der Waals surface area contributed by atoms with Gasteiger partial charge in [0, 0.05) is 17.6 Å². The van der Waals surface area contributed by atoms with Gasteiger partial charge >= 0.3 is 0 Å². The molecule has 2 rings (SSSR count). The molecule has 0 aliphatic heterocycles. The van der Waals surface area contributed by atoms with Crippen LogP contribution in [0.1, 0.15) is 22.8 Å². The number of carbonyl (C=O) groups is 1. The summed E-state index contributed by atoms with van der Waals surface area (Å²) in [6.45, 7) is 2.27. The number of methoxy groups -OCH3 is 1. The molecule has 8 heteroatoms. The Balaban J connectivity index is 2.27. The van der Waals surface area contributed by atoms with Crippen LogP contribution in [0.25, 0.3) is 0 Å². The summed E-state index contributed by atoms with van der Waals surface area (Å²) in [5.74, 6) is -0.113. The Kier molecular flexibility index (Phi) is 6.19. The van der Waals surface area contributed by atoms with Crippen LogP contribution in [-0.4, -0.2) is 24.5 Å². The number of rotatable bonds is 7. The van der Waals surface area contributed by atoms with Crippen molar-refractivity contribution in [3.63, 3.8) is 0 Å². The number of ether oxygens (including phenoxy) is 2. The van der Waals surface area contributed by atoms with Gasteiger partial charge in [0.25, 0.3) is 11.6 Å². The van der Waals surface area contributed by atoms with Gasteiger partial charge in [-0.25, -0.2) is 0 Å². The minimum absolute atomic E-state index is 0.0979. The molecule has 0 aliphatic carbocycles. The highest BCUT2D eigenvalue weighted by Gasteiger charge is 2.24. The summed E-state index contributed by atoms with van der Waals surface area (Å²) in [5.41, 5.74) is 0.371. The maximum atomic E-state index is 12.4. The van der Waals surface area contributed by atoms with Gasteiger partial charge in [-0.3, -0.25) is 14.9 Å². The summed E-state index contributed by atoms with van der Waals surface area (Å²) in [6, 6.07) is 9.42. The van der Waals surface area contributed by atoms with Gasteiger partial charge in [0.2, 0.25) is 0 Å². The first-order valence-corrected chi connectivity index (χ1v) is 7.86. The summed E-state index contributed by atoms with van der Waals surface area (Å²) < 4.78 is 10.5. The van der Waals surface area contributed by atoms with Crippen LogP contribution in [0.3, 0.4) is 0 Å². The van der Waals surface area contributed by atoms with Gasteiger partial charge in [-0.1, -0.05) is 23.7 Å². The fraction of sp³-hybridized carbons (Fsp3) is 0.235. The van der Waals surface area contributed by atoms with Crippen molar-refractivity contribution >= 4 is 23.2 Å². The van der Waals surface area contributed by atoms with E-state index in [2.05, 4.69) is 5.32 Å². The molecule has 0 spiro atoms. The molecule has 1 amide bonds. The van der Waals surface area contributed by atoms with Gasteiger partial charge < -0.3 is 14.8 Å². The number of hydrogen-bond acceptors (Lipinski definition) is 5. The summed E-state index contributed by atoms with van der Waals surface area (Å²) in [4.78, 5) is 23.1. The molecule has 25 heavy (non-hydrogen) atoms. The van der Waals surface area contributed by atoms with Crippen molar-refractivity contribution in [1.82, 2.24) is 5.32 Å². The Morgan fingerprint density at radius 3 is 2.48 bits per heavy atom. The molecule has 2 aromatic carbocycles. The molecule has 132 valence electrons. The molecule has 0 atom stereocenters. The zero-order valence-electron chi connectivity index (χ0n) is 13.7. The smallest absolute Gasteiger partial charge is 0.286 e. The van der Waals surface area contributed by atoms with Crippen LogP contribution >= 0.6 is 11.6 Å². The number of benzene rings is 2. The van der Waals surface area contributed by atoms with Crippen molar-refractivity contribution in [1.29, 1.82) is 0 Å². The molecule has 0 aromatic heterocycles. The van der Waals surface area contributed by atoms with E-state index in [0.29, 0.717) is 11.6 Å². The molecule has 0 saturated carbocycles. The van der Waals surface area contributed by atoms with E-state index in [1.54, 1.807) is 31.2 Å². The van der Waals surface area contributed by atoms with Gasteiger partial charge in [-0.15, -0.1) is 0 Å². The minimum atomic E-state index is -0.626. The Morgan fingerprint density at radius 1 is 1.24 bits per heavy atom. The second-order valence-corrected chi connectivity index (χ2v) is 5.46. The topological polar surface area (TPSA) is 90.7 Å². The van der Waals surface area contributed by atoms with Crippen LogP contribution < -0.4 is 14.8 Å². The van der Waals surface area contributed by atoms with Crippen LogP contribution in [0.4, 0.5) is 5.69 Å². The molecular weight excluding hydrogens is 348 g/mol. The molecule has 0 bridgehead atoms. The highest BCUT2D eigenvalue weighted by molar-refractivity contribution is 6.30. The third kappa shape index (κ3) is 4.60. The normalized spacial score (nSPS) is 10.2. The van der Waals surface area contributed by atoms with Crippen molar-refractivity contribution in [3.05, 3.63) is 62.7 Å². The van der Waals surface area contributed by atoms with Crippen molar-refractivity contribution in [3.8, 4) is 11.5 Å². The number of nitrogens with one attached hydrogen (secondary N) is 1. The highest BCUT2D eigenvalue weighted by atomic mass is 35.5. The molecule has 0 fully saturated rings. The van der Waals surface area contributed by atoms with Crippen molar-refractivity contribution in [2.75, 3.05) is 13.7 Å². The lowest BCUT2D eigenvalue weighted by Crippen LogP contribution is -2.23. The fourth-order valence-electron chi connectivity index (χ4n) is 2.19. The summed E-state index contributed by atoms with van der Waals surface area (Å²) >= 11 is 5.81. The van der Waals surface area contributed by atoms with Crippen molar-refractivity contribution < 1.29 is 19.2 Å². The predicted octanol–water partition coefficient (Wildman–Crippen LogP) is 3.59. The average Bonchev–Trinajstić information content (AvgIpc) is 2.60. The van der Waals surface area contributed by atoms with Gasteiger partial charge in [0.05, 0.1) is 24.7 Å². The van der Waals surface area contributed by atoms with E-state index in [4.69, 9.17) is 21.1 Å². The largest absolute Gasteiger partial charge is 0.493 e. The van der Waals surface area contributed by atoms with E-state index in [1.165, 1.54) is 19.2 Å². The molecule has 0 saturated heterocycles. The minimum Gasteiger partial charge on any atom is -0.493 e. The molecule has 0 aliphatic rings. The van der Waals surface area contributed by atoms with E-state index < -0.39 is 10.8 Å². The van der Waals surface area contributed by atoms with Crippen LogP contribution in [0, 0.1) is 10.1 Å². The Morgan fingerprint density at radius 2 is 1.92 bits per heavy atom. The standard InChI is InChI=1S/C17H17ClN2O5/c1-3-25-16-9-14(20(22)23)13(8-15(16)24-2)17(21)19-10-11-4-6-12(18)7-5-11/h4-9H,3,10H2,1-2H3,(H,19,21). The number of halogens is 1. The Labute approximate surface area is 149 Å². The first-order chi connectivity index (χ1) is 12.0. The summed E-state index contributed by atoms with van der Waals surface area (Å²) in [5, 5.41) is 14.5. The highest BCUT2D eigenvalue weighted by Crippen LogP contribution is 2.34. The molecule has 2 aromatic rings. The monoisotopic (exact) mass is 364 g/mol. The third-order valence-electron chi connectivity index (χ3n) is 3.39. The quantitative estimate of drug-likeness (QED) is 0.599. The first kappa shape index (κ1) is 18.5. The lowest BCUT2D eigenvalue weighted by Gasteiger charge is -2.12. The fourth-order valence-corrected chi connectivity index (χ4v) is 2.32. The van der Waals surface area contributed by atoms with E-state index >= 15 is 0 Å². The molecule has 0 radical (unpaired) electrons. The maximum absolute atomic E-state index is 12.4. The van der Waals surface area contributed by atoms with Crippen LogP contribution in [0.5, 0.6) is 11.5 Å². The number of carbonyl (C=O) groups excluding carboxylic acids is 1. The van der Waals surface area contributed by atoms with Crippen LogP contribution in [-0.2, 0) is 6.54 Å². The number of nitro benzene ring substituents is 1. The molecule has 7 nitrogen and oxygen atoms in total. The molecular formula is C17H17ClN2O5. The van der Waals surface area contributed by atoms with Gasteiger partial charge in [0.15, 0.2) is 11.5 Å².